The molecule has 0 aliphatic carbocycles. The normalized spacial score (nSPS) is 10.9. The first-order valence-electron chi connectivity index (χ1n) is 7.89. The molecule has 0 amide bonds. The van der Waals surface area contributed by atoms with E-state index in [9.17, 15) is 9.59 Å². The van der Waals surface area contributed by atoms with E-state index in [1.54, 1.807) is 11.4 Å². The second-order valence-electron chi connectivity index (χ2n) is 5.74. The van der Waals surface area contributed by atoms with Crippen molar-refractivity contribution in [1.82, 2.24) is 19.6 Å². The second kappa shape index (κ2) is 6.95. The van der Waals surface area contributed by atoms with E-state index in [1.165, 1.54) is 19.5 Å². The van der Waals surface area contributed by atoms with Gasteiger partial charge in [0.1, 0.15) is 30.0 Å². The SMILES string of the molecule is COC(=O)c1cc(COC(=O)Cc2c(C)nc3ncnn3c2C)oc1C. The Morgan fingerprint density at radius 3 is 2.77 bits per heavy atom. The zero-order valence-corrected chi connectivity index (χ0v) is 14.9. The summed E-state index contributed by atoms with van der Waals surface area (Å²) in [6.45, 7) is 5.22. The number of aromatic nitrogens is 4. The van der Waals surface area contributed by atoms with Crippen LogP contribution in [0, 0.1) is 20.8 Å². The maximum absolute atomic E-state index is 12.2. The number of furan rings is 1. The first kappa shape index (κ1) is 17.6. The predicted octanol–water partition coefficient (Wildman–Crippen LogP) is 1.72. The standard InChI is InChI=1S/C17H18N4O5/c1-9-13(10(2)21-17(20-9)18-8-19-21)6-15(22)25-7-12-5-14(11(3)26-12)16(23)24-4/h5,8H,6-7H2,1-4H3. The Morgan fingerprint density at radius 1 is 1.27 bits per heavy atom. The molecule has 0 bridgehead atoms. The Hall–Kier alpha value is -3.23. The van der Waals surface area contributed by atoms with Gasteiger partial charge in [0.05, 0.1) is 13.5 Å². The fraction of sp³-hybridized carbons (Fsp3) is 0.353. The van der Waals surface area contributed by atoms with Crippen LogP contribution >= 0.6 is 0 Å². The molecule has 136 valence electrons. The summed E-state index contributed by atoms with van der Waals surface area (Å²) in [4.78, 5) is 32.2. The summed E-state index contributed by atoms with van der Waals surface area (Å²) in [6.07, 6.45) is 1.46. The van der Waals surface area contributed by atoms with Crippen molar-refractivity contribution in [2.75, 3.05) is 7.11 Å². The maximum atomic E-state index is 12.2. The number of esters is 2. The van der Waals surface area contributed by atoms with Gasteiger partial charge in [-0.2, -0.15) is 10.1 Å². The topological polar surface area (TPSA) is 109 Å². The highest BCUT2D eigenvalue weighted by molar-refractivity contribution is 5.90. The highest BCUT2D eigenvalue weighted by Gasteiger charge is 2.18. The van der Waals surface area contributed by atoms with Gasteiger partial charge in [-0.3, -0.25) is 4.79 Å². The summed E-state index contributed by atoms with van der Waals surface area (Å²) in [7, 11) is 1.29. The third kappa shape index (κ3) is 3.28. The van der Waals surface area contributed by atoms with Crippen molar-refractivity contribution in [3.05, 3.63) is 46.4 Å². The van der Waals surface area contributed by atoms with E-state index in [0.717, 1.165) is 11.3 Å². The van der Waals surface area contributed by atoms with Crippen molar-refractivity contribution < 1.29 is 23.5 Å². The number of fused-ring (bicyclic) bond motifs is 1. The Labute approximate surface area is 148 Å². The molecule has 0 spiro atoms. The number of carbonyl (C=O) groups excluding carboxylic acids is 2. The highest BCUT2D eigenvalue weighted by atomic mass is 16.5. The molecular weight excluding hydrogens is 340 g/mol. The van der Waals surface area contributed by atoms with Crippen LogP contribution in [0.4, 0.5) is 0 Å². The van der Waals surface area contributed by atoms with Crippen LogP contribution in [0.25, 0.3) is 5.78 Å². The Kier molecular flexibility index (Phi) is 4.70. The fourth-order valence-electron chi connectivity index (χ4n) is 2.69. The van der Waals surface area contributed by atoms with Gasteiger partial charge in [-0.15, -0.1) is 0 Å². The molecule has 9 nitrogen and oxygen atoms in total. The smallest absolute Gasteiger partial charge is 0.341 e. The molecule has 0 aliphatic rings. The minimum atomic E-state index is -0.498. The molecule has 0 radical (unpaired) electrons. The third-order valence-electron chi connectivity index (χ3n) is 4.06. The first-order chi connectivity index (χ1) is 12.4. The van der Waals surface area contributed by atoms with E-state index in [0.29, 0.717) is 28.6 Å². The van der Waals surface area contributed by atoms with E-state index < -0.39 is 11.9 Å². The van der Waals surface area contributed by atoms with Gasteiger partial charge in [0.15, 0.2) is 0 Å². The molecule has 0 N–H and O–H groups in total. The summed E-state index contributed by atoms with van der Waals surface area (Å²) >= 11 is 0. The fourth-order valence-corrected chi connectivity index (χ4v) is 2.69. The largest absolute Gasteiger partial charge is 0.465 e. The molecule has 0 aliphatic heterocycles. The predicted molar refractivity (Wildman–Crippen MR) is 88.5 cm³/mol. The van der Waals surface area contributed by atoms with Crippen LogP contribution in [-0.4, -0.2) is 38.6 Å². The van der Waals surface area contributed by atoms with E-state index in [4.69, 9.17) is 9.15 Å². The van der Waals surface area contributed by atoms with Crippen molar-refractivity contribution >= 4 is 17.7 Å². The van der Waals surface area contributed by atoms with Gasteiger partial charge in [-0.05, 0) is 26.8 Å². The molecule has 3 aromatic heterocycles. The van der Waals surface area contributed by atoms with Crippen molar-refractivity contribution in [1.29, 1.82) is 0 Å². The summed E-state index contributed by atoms with van der Waals surface area (Å²) in [6, 6.07) is 1.51. The zero-order chi connectivity index (χ0) is 18.8. The lowest BCUT2D eigenvalue weighted by molar-refractivity contribution is -0.144. The van der Waals surface area contributed by atoms with Crippen molar-refractivity contribution in [3.8, 4) is 0 Å². The summed E-state index contributed by atoms with van der Waals surface area (Å²) < 4.78 is 16.9. The van der Waals surface area contributed by atoms with Gasteiger partial charge >= 0.3 is 11.9 Å². The number of rotatable bonds is 5. The number of methoxy groups -OCH3 is 1. The average molecular weight is 358 g/mol. The third-order valence-corrected chi connectivity index (χ3v) is 4.06. The molecule has 0 fully saturated rings. The lowest BCUT2D eigenvalue weighted by Crippen LogP contribution is -2.13. The average Bonchev–Trinajstić information content (AvgIpc) is 3.22. The molecule has 9 heteroatoms. The summed E-state index contributed by atoms with van der Waals surface area (Å²) in [5.74, 6) is 0.330. The zero-order valence-electron chi connectivity index (χ0n) is 14.9. The number of hydrogen-bond donors (Lipinski definition) is 0. The van der Waals surface area contributed by atoms with Crippen molar-refractivity contribution in [2.24, 2.45) is 0 Å². The van der Waals surface area contributed by atoms with Gasteiger partial charge in [-0.25, -0.2) is 14.3 Å². The van der Waals surface area contributed by atoms with Crippen LogP contribution in [0.1, 0.15) is 38.8 Å². The highest BCUT2D eigenvalue weighted by Crippen LogP contribution is 2.18. The number of ether oxygens (including phenoxy) is 2. The van der Waals surface area contributed by atoms with Gasteiger partial charge < -0.3 is 13.9 Å². The van der Waals surface area contributed by atoms with Gasteiger partial charge in [-0.1, -0.05) is 0 Å². The molecule has 26 heavy (non-hydrogen) atoms. The molecule has 0 saturated carbocycles. The minimum absolute atomic E-state index is 0.0457. The molecule has 0 unspecified atom stereocenters. The monoisotopic (exact) mass is 358 g/mol. The van der Waals surface area contributed by atoms with Crippen molar-refractivity contribution in [3.63, 3.8) is 0 Å². The first-order valence-corrected chi connectivity index (χ1v) is 7.89. The number of aryl methyl sites for hydroxylation is 3. The van der Waals surface area contributed by atoms with E-state index >= 15 is 0 Å². The summed E-state index contributed by atoms with van der Waals surface area (Å²) in [5.41, 5.74) is 2.52. The van der Waals surface area contributed by atoms with Crippen LogP contribution in [-0.2, 0) is 27.3 Å². The number of carbonyl (C=O) groups is 2. The molecule has 0 saturated heterocycles. The quantitative estimate of drug-likeness (QED) is 0.634. The molecular formula is C17H18N4O5. The second-order valence-corrected chi connectivity index (χ2v) is 5.74. The van der Waals surface area contributed by atoms with Crippen molar-refractivity contribution in [2.45, 2.75) is 33.8 Å². The van der Waals surface area contributed by atoms with Crippen LogP contribution in [0.15, 0.2) is 16.8 Å². The molecule has 3 heterocycles. The Balaban J connectivity index is 1.69. The van der Waals surface area contributed by atoms with E-state index in [1.807, 2.05) is 13.8 Å². The Morgan fingerprint density at radius 2 is 2.04 bits per heavy atom. The van der Waals surface area contributed by atoms with Gasteiger partial charge in [0.25, 0.3) is 5.78 Å². The van der Waals surface area contributed by atoms with Gasteiger partial charge in [0.2, 0.25) is 0 Å². The number of nitrogens with zero attached hydrogens (tertiary/aromatic N) is 4. The summed E-state index contributed by atoms with van der Waals surface area (Å²) in [5, 5.41) is 4.09. The van der Waals surface area contributed by atoms with E-state index in [-0.39, 0.29) is 13.0 Å². The van der Waals surface area contributed by atoms with Crippen LogP contribution in [0.2, 0.25) is 0 Å². The lowest BCUT2D eigenvalue weighted by atomic mass is 10.1. The molecule has 3 aromatic rings. The van der Waals surface area contributed by atoms with E-state index in [2.05, 4.69) is 19.8 Å². The van der Waals surface area contributed by atoms with Crippen LogP contribution < -0.4 is 0 Å². The van der Waals surface area contributed by atoms with Crippen LogP contribution in [0.5, 0.6) is 0 Å². The molecule has 0 atom stereocenters. The maximum Gasteiger partial charge on any atom is 0.341 e. The van der Waals surface area contributed by atoms with Gasteiger partial charge in [0, 0.05) is 17.0 Å². The molecule has 3 rings (SSSR count). The van der Waals surface area contributed by atoms with Crippen LogP contribution in [0.3, 0.4) is 0 Å². The molecule has 0 aromatic carbocycles. The number of hydrogen-bond acceptors (Lipinski definition) is 8. The Bertz CT molecular complexity index is 989. The minimum Gasteiger partial charge on any atom is -0.465 e. The lowest BCUT2D eigenvalue weighted by Gasteiger charge is -2.10.